The van der Waals surface area contributed by atoms with Gasteiger partial charge in [0.15, 0.2) is 0 Å². The maximum absolute atomic E-state index is 13.9. The summed E-state index contributed by atoms with van der Waals surface area (Å²) in [7, 11) is 0. The van der Waals surface area contributed by atoms with Crippen LogP contribution in [-0.4, -0.2) is 34.3 Å². The van der Waals surface area contributed by atoms with Crippen molar-refractivity contribution in [1.82, 2.24) is 0 Å². The molecule has 0 saturated heterocycles. The lowest BCUT2D eigenvalue weighted by molar-refractivity contribution is -0.215. The van der Waals surface area contributed by atoms with Crippen molar-refractivity contribution in [3.05, 3.63) is 60.7 Å². The second kappa shape index (κ2) is 10.5. The van der Waals surface area contributed by atoms with Crippen molar-refractivity contribution >= 4 is 11.9 Å². The van der Waals surface area contributed by atoms with Gasteiger partial charge in [-0.3, -0.25) is 0 Å². The Morgan fingerprint density at radius 3 is 1.12 bits per heavy atom. The molecule has 0 radical (unpaired) electrons. The van der Waals surface area contributed by atoms with Crippen molar-refractivity contribution < 1.29 is 28.5 Å². The zero-order valence-corrected chi connectivity index (χ0v) is 21.6. The van der Waals surface area contributed by atoms with Gasteiger partial charge < -0.3 is 18.9 Å². The van der Waals surface area contributed by atoms with Crippen molar-refractivity contribution in [2.75, 3.05) is 0 Å². The third kappa shape index (κ3) is 6.31. The fourth-order valence-electron chi connectivity index (χ4n) is 3.68. The zero-order chi connectivity index (χ0) is 25.6. The number of benzene rings is 2. The van der Waals surface area contributed by atoms with Crippen molar-refractivity contribution in [3.8, 4) is 11.5 Å². The predicted molar refractivity (Wildman–Crippen MR) is 132 cm³/mol. The predicted octanol–water partition coefficient (Wildman–Crippen LogP) is 6.13. The van der Waals surface area contributed by atoms with E-state index in [1.165, 1.54) is 0 Å². The molecular weight excluding hydrogens is 432 g/mol. The van der Waals surface area contributed by atoms with Crippen LogP contribution in [-0.2, 0) is 19.1 Å². The third-order valence-corrected chi connectivity index (χ3v) is 5.18. The smallest absolute Gasteiger partial charge is 0.355 e. The Balaban J connectivity index is 2.81. The molecule has 0 spiro atoms. The summed E-state index contributed by atoms with van der Waals surface area (Å²) in [5.74, 6) is -0.577. The SMILES string of the molecule is CCC(Oc1ccccc1)(C(=O)OC(C)(C)C)C(CC)(Oc1ccccc1)C(=O)OC(C)(C)C. The van der Waals surface area contributed by atoms with Gasteiger partial charge in [-0.15, -0.1) is 0 Å². The quantitative estimate of drug-likeness (QED) is 0.411. The van der Waals surface area contributed by atoms with E-state index in [9.17, 15) is 9.59 Å². The summed E-state index contributed by atoms with van der Waals surface area (Å²) >= 11 is 0. The lowest BCUT2D eigenvalue weighted by Crippen LogP contribution is -2.71. The first kappa shape index (κ1) is 27.2. The van der Waals surface area contributed by atoms with E-state index in [4.69, 9.17) is 18.9 Å². The monoisotopic (exact) mass is 470 g/mol. The van der Waals surface area contributed by atoms with Crippen LogP contribution in [0.4, 0.5) is 0 Å². The normalized spacial score (nSPS) is 15.4. The lowest BCUT2D eigenvalue weighted by atomic mass is 9.77. The molecule has 2 aromatic carbocycles. The van der Waals surface area contributed by atoms with E-state index in [0.29, 0.717) is 11.5 Å². The fourth-order valence-corrected chi connectivity index (χ4v) is 3.68. The number of carbonyl (C=O) groups excluding carboxylic acids is 2. The minimum atomic E-state index is -1.84. The molecule has 0 amide bonds. The maximum Gasteiger partial charge on any atom is 0.355 e. The van der Waals surface area contributed by atoms with E-state index < -0.39 is 34.3 Å². The van der Waals surface area contributed by atoms with Crippen LogP contribution in [0.1, 0.15) is 68.2 Å². The van der Waals surface area contributed by atoms with Crippen LogP contribution in [0.15, 0.2) is 60.7 Å². The number of ether oxygens (including phenoxy) is 4. The molecule has 0 aromatic heterocycles. The second-order valence-corrected chi connectivity index (χ2v) is 10.2. The van der Waals surface area contributed by atoms with E-state index in [-0.39, 0.29) is 12.8 Å². The molecule has 0 N–H and O–H groups in total. The molecule has 2 unspecified atom stereocenters. The Morgan fingerprint density at radius 1 is 0.588 bits per heavy atom. The van der Waals surface area contributed by atoms with Gasteiger partial charge in [-0.2, -0.15) is 0 Å². The molecule has 0 bridgehead atoms. The van der Waals surface area contributed by atoms with E-state index in [1.807, 2.05) is 12.1 Å². The van der Waals surface area contributed by atoms with Crippen LogP contribution < -0.4 is 9.47 Å². The minimum absolute atomic E-state index is 0.0940. The fraction of sp³-hybridized carbons (Fsp3) is 0.500. The van der Waals surface area contributed by atoms with E-state index in [0.717, 1.165) is 0 Å². The molecule has 0 saturated carbocycles. The van der Waals surface area contributed by atoms with E-state index in [1.54, 1.807) is 104 Å². The molecule has 186 valence electrons. The molecule has 0 aliphatic heterocycles. The molecule has 2 aromatic rings. The topological polar surface area (TPSA) is 71.1 Å². The van der Waals surface area contributed by atoms with Gasteiger partial charge in [0.1, 0.15) is 22.7 Å². The van der Waals surface area contributed by atoms with E-state index >= 15 is 0 Å². The lowest BCUT2D eigenvalue weighted by Gasteiger charge is -2.46. The molecule has 34 heavy (non-hydrogen) atoms. The van der Waals surface area contributed by atoms with Gasteiger partial charge in [-0.05, 0) is 65.8 Å². The minimum Gasteiger partial charge on any atom is -0.471 e. The van der Waals surface area contributed by atoms with Crippen LogP contribution in [0.5, 0.6) is 11.5 Å². The van der Waals surface area contributed by atoms with Gasteiger partial charge in [-0.1, -0.05) is 50.2 Å². The molecule has 0 fully saturated rings. The zero-order valence-electron chi connectivity index (χ0n) is 21.6. The van der Waals surface area contributed by atoms with Gasteiger partial charge in [0.25, 0.3) is 11.2 Å². The van der Waals surface area contributed by atoms with Gasteiger partial charge >= 0.3 is 11.9 Å². The van der Waals surface area contributed by atoms with Crippen molar-refractivity contribution in [2.24, 2.45) is 0 Å². The molecule has 2 atom stereocenters. The van der Waals surface area contributed by atoms with Crippen molar-refractivity contribution in [3.63, 3.8) is 0 Å². The molecule has 6 heteroatoms. The van der Waals surface area contributed by atoms with Crippen LogP contribution in [0.2, 0.25) is 0 Å². The summed E-state index contributed by atoms with van der Waals surface area (Å²) in [4.78, 5) is 27.9. The van der Waals surface area contributed by atoms with Crippen LogP contribution >= 0.6 is 0 Å². The Hall–Kier alpha value is -3.02. The second-order valence-electron chi connectivity index (χ2n) is 10.2. The standard InChI is InChI=1S/C28H38O6/c1-9-27(23(29)33-25(3,4)5,31-21-17-13-11-14-18-21)28(10-2,24(30)34-26(6,7)8)32-22-19-15-12-16-20-22/h11-20H,9-10H2,1-8H3. The number of hydrogen-bond acceptors (Lipinski definition) is 6. The molecule has 0 aliphatic carbocycles. The van der Waals surface area contributed by atoms with Crippen LogP contribution in [0.25, 0.3) is 0 Å². The van der Waals surface area contributed by atoms with Crippen LogP contribution in [0.3, 0.4) is 0 Å². The summed E-state index contributed by atoms with van der Waals surface area (Å²) in [5, 5.41) is 0. The number of para-hydroxylation sites is 2. The first-order valence-corrected chi connectivity index (χ1v) is 11.7. The highest BCUT2D eigenvalue weighted by Gasteiger charge is 2.67. The first-order valence-electron chi connectivity index (χ1n) is 11.7. The Morgan fingerprint density at radius 2 is 0.882 bits per heavy atom. The summed E-state index contributed by atoms with van der Waals surface area (Å²) in [5.41, 5.74) is -5.32. The molecule has 2 rings (SSSR count). The highest BCUT2D eigenvalue weighted by atomic mass is 16.6. The third-order valence-electron chi connectivity index (χ3n) is 5.18. The van der Waals surface area contributed by atoms with Crippen molar-refractivity contribution in [2.45, 2.75) is 90.6 Å². The maximum atomic E-state index is 13.9. The largest absolute Gasteiger partial charge is 0.471 e. The Kier molecular flexibility index (Phi) is 8.40. The first-order chi connectivity index (χ1) is 15.8. The Labute approximate surface area is 203 Å². The summed E-state index contributed by atoms with van der Waals surface area (Å²) < 4.78 is 24.5. The van der Waals surface area contributed by atoms with E-state index in [2.05, 4.69) is 0 Å². The highest BCUT2D eigenvalue weighted by Crippen LogP contribution is 2.41. The number of hydrogen-bond donors (Lipinski definition) is 0. The molecule has 6 nitrogen and oxygen atoms in total. The van der Waals surface area contributed by atoms with Crippen LogP contribution in [0, 0.1) is 0 Å². The molecule has 0 heterocycles. The molecule has 0 aliphatic rings. The molecular formula is C28H38O6. The summed E-state index contributed by atoms with van der Waals surface area (Å²) in [6.45, 7) is 14.2. The highest BCUT2D eigenvalue weighted by molar-refractivity contribution is 5.94. The number of rotatable bonds is 9. The van der Waals surface area contributed by atoms with Gasteiger partial charge in [0.2, 0.25) is 0 Å². The average Bonchev–Trinajstić information content (AvgIpc) is 2.75. The number of carbonyl (C=O) groups is 2. The Bertz CT molecular complexity index is 863. The number of esters is 2. The van der Waals surface area contributed by atoms with Gasteiger partial charge in [-0.25, -0.2) is 9.59 Å². The van der Waals surface area contributed by atoms with Gasteiger partial charge in [0.05, 0.1) is 0 Å². The summed E-state index contributed by atoms with van der Waals surface area (Å²) in [6.07, 6.45) is 0.188. The summed E-state index contributed by atoms with van der Waals surface area (Å²) in [6, 6.07) is 17.8. The van der Waals surface area contributed by atoms with Gasteiger partial charge in [0, 0.05) is 12.8 Å². The van der Waals surface area contributed by atoms with Crippen molar-refractivity contribution in [1.29, 1.82) is 0 Å². The average molecular weight is 471 g/mol.